The van der Waals surface area contributed by atoms with Crippen LogP contribution in [-0.4, -0.2) is 32.8 Å². The normalized spacial score (nSPS) is 13.6. The topological polar surface area (TPSA) is 67.3 Å². The number of aliphatic hydroxyl groups excluding tert-OH is 1. The number of aromatic nitrogens is 2. The van der Waals surface area contributed by atoms with E-state index in [-0.39, 0.29) is 6.10 Å². The van der Waals surface area contributed by atoms with E-state index in [4.69, 9.17) is 4.74 Å². The summed E-state index contributed by atoms with van der Waals surface area (Å²) in [6.45, 7) is 9.43. The first-order valence-corrected chi connectivity index (χ1v) is 5.76. The molecule has 96 valence electrons. The van der Waals surface area contributed by atoms with Gasteiger partial charge in [0.2, 0.25) is 5.88 Å². The Morgan fingerprint density at radius 3 is 2.47 bits per heavy atom. The van der Waals surface area contributed by atoms with Crippen molar-refractivity contribution < 1.29 is 9.84 Å². The van der Waals surface area contributed by atoms with Gasteiger partial charge in [-0.05, 0) is 34.6 Å². The van der Waals surface area contributed by atoms with Crippen LogP contribution in [0.2, 0.25) is 0 Å². The van der Waals surface area contributed by atoms with E-state index in [1.807, 2.05) is 27.7 Å². The second-order valence-corrected chi connectivity index (χ2v) is 4.93. The van der Waals surface area contributed by atoms with Crippen molar-refractivity contribution in [1.29, 1.82) is 0 Å². The lowest BCUT2D eigenvalue weighted by molar-refractivity contribution is 0.133. The highest BCUT2D eigenvalue weighted by molar-refractivity contribution is 5.40. The first kappa shape index (κ1) is 13.7. The van der Waals surface area contributed by atoms with Crippen LogP contribution in [0.5, 0.6) is 5.88 Å². The molecule has 0 saturated carbocycles. The van der Waals surface area contributed by atoms with Crippen molar-refractivity contribution in [3.63, 3.8) is 0 Å². The van der Waals surface area contributed by atoms with Gasteiger partial charge in [0.25, 0.3) is 0 Å². The van der Waals surface area contributed by atoms with Gasteiger partial charge >= 0.3 is 0 Å². The third kappa shape index (κ3) is 4.19. The number of hydrogen-bond acceptors (Lipinski definition) is 5. The summed E-state index contributed by atoms with van der Waals surface area (Å²) in [6, 6.07) is 1.73. The van der Waals surface area contributed by atoms with Crippen LogP contribution >= 0.6 is 0 Å². The van der Waals surface area contributed by atoms with E-state index in [0.717, 1.165) is 0 Å². The minimum atomic E-state index is -0.494. The molecule has 2 N–H and O–H groups in total. The second kappa shape index (κ2) is 5.31. The molecule has 0 aliphatic rings. The van der Waals surface area contributed by atoms with Crippen LogP contribution in [0.25, 0.3) is 0 Å². The van der Waals surface area contributed by atoms with Crippen molar-refractivity contribution >= 4 is 5.82 Å². The van der Waals surface area contributed by atoms with Crippen LogP contribution in [0.3, 0.4) is 0 Å². The number of rotatable bonds is 5. The maximum absolute atomic E-state index is 9.62. The third-order valence-electron chi connectivity index (χ3n) is 2.49. The van der Waals surface area contributed by atoms with Gasteiger partial charge in [-0.15, -0.1) is 0 Å². The molecule has 5 nitrogen and oxygen atoms in total. The Balaban J connectivity index is 2.78. The van der Waals surface area contributed by atoms with Gasteiger partial charge in [0.05, 0.1) is 17.7 Å². The molecule has 0 fully saturated rings. The largest absolute Gasteiger partial charge is 0.475 e. The number of nitrogens with one attached hydrogen (secondary N) is 1. The predicted octanol–water partition coefficient (Wildman–Crippen LogP) is 1.84. The molecule has 0 amide bonds. The van der Waals surface area contributed by atoms with Crippen LogP contribution in [0.1, 0.15) is 34.6 Å². The second-order valence-electron chi connectivity index (χ2n) is 4.93. The van der Waals surface area contributed by atoms with Gasteiger partial charge in [-0.2, -0.15) is 0 Å². The van der Waals surface area contributed by atoms with Gasteiger partial charge in [-0.25, -0.2) is 9.97 Å². The van der Waals surface area contributed by atoms with Gasteiger partial charge in [0.1, 0.15) is 12.1 Å². The maximum Gasteiger partial charge on any atom is 0.218 e. The average molecular weight is 239 g/mol. The Morgan fingerprint density at radius 2 is 1.94 bits per heavy atom. The van der Waals surface area contributed by atoms with E-state index >= 15 is 0 Å². The molecule has 1 unspecified atom stereocenters. The Labute approximate surface area is 102 Å². The van der Waals surface area contributed by atoms with Gasteiger partial charge < -0.3 is 15.2 Å². The summed E-state index contributed by atoms with van der Waals surface area (Å²) in [5, 5.41) is 12.8. The lowest BCUT2D eigenvalue weighted by Crippen LogP contribution is -2.42. The van der Waals surface area contributed by atoms with E-state index in [1.165, 1.54) is 6.33 Å². The fourth-order valence-electron chi connectivity index (χ4n) is 1.15. The molecular weight excluding hydrogens is 218 g/mol. The van der Waals surface area contributed by atoms with E-state index in [2.05, 4.69) is 15.3 Å². The molecule has 0 bridgehead atoms. The van der Waals surface area contributed by atoms with E-state index in [0.29, 0.717) is 11.7 Å². The molecular formula is C12H21N3O2. The molecule has 5 heteroatoms. The van der Waals surface area contributed by atoms with Crippen molar-refractivity contribution in [3.05, 3.63) is 12.4 Å². The summed E-state index contributed by atoms with van der Waals surface area (Å²) in [4.78, 5) is 8.12. The number of nitrogens with zero attached hydrogens (tertiary/aromatic N) is 2. The quantitative estimate of drug-likeness (QED) is 0.820. The molecule has 1 heterocycles. The monoisotopic (exact) mass is 239 g/mol. The predicted molar refractivity (Wildman–Crippen MR) is 67.2 cm³/mol. The summed E-state index contributed by atoms with van der Waals surface area (Å²) in [6.07, 6.45) is 1.02. The number of ether oxygens (including phenoxy) is 1. The number of aliphatic hydroxyl groups is 1. The third-order valence-corrected chi connectivity index (χ3v) is 2.49. The van der Waals surface area contributed by atoms with E-state index in [1.54, 1.807) is 13.0 Å². The first-order chi connectivity index (χ1) is 7.81. The van der Waals surface area contributed by atoms with Gasteiger partial charge in [-0.3, -0.25) is 0 Å². The average Bonchev–Trinajstić information content (AvgIpc) is 2.15. The van der Waals surface area contributed by atoms with Gasteiger partial charge in [-0.1, -0.05) is 0 Å². The van der Waals surface area contributed by atoms with Crippen LogP contribution in [0, 0.1) is 0 Å². The Morgan fingerprint density at radius 1 is 1.29 bits per heavy atom. The minimum absolute atomic E-state index is 0.0718. The highest BCUT2D eigenvalue weighted by Crippen LogP contribution is 2.19. The lowest BCUT2D eigenvalue weighted by Gasteiger charge is -2.29. The van der Waals surface area contributed by atoms with Crippen molar-refractivity contribution in [2.24, 2.45) is 0 Å². The smallest absolute Gasteiger partial charge is 0.218 e. The standard InChI is InChI=1S/C12H21N3O2/c1-8(2)17-11-6-10(13-7-14-11)15-12(4,5)9(3)16/h6-9,16H,1-5H3,(H,13,14,15). The zero-order valence-corrected chi connectivity index (χ0v) is 11.1. The summed E-state index contributed by atoms with van der Waals surface area (Å²) in [5.74, 6) is 1.17. The van der Waals surface area contributed by atoms with Crippen molar-refractivity contribution in [1.82, 2.24) is 9.97 Å². The minimum Gasteiger partial charge on any atom is -0.475 e. The Bertz CT molecular complexity index is 365. The van der Waals surface area contributed by atoms with E-state index < -0.39 is 11.6 Å². The highest BCUT2D eigenvalue weighted by Gasteiger charge is 2.24. The Kier molecular flexibility index (Phi) is 4.28. The van der Waals surface area contributed by atoms with Crippen molar-refractivity contribution in [2.45, 2.75) is 52.4 Å². The SMILES string of the molecule is CC(C)Oc1cc(NC(C)(C)C(C)O)ncn1. The molecule has 1 rings (SSSR count). The lowest BCUT2D eigenvalue weighted by atomic mass is 9.99. The summed E-state index contributed by atoms with van der Waals surface area (Å²) in [5.41, 5.74) is -0.455. The molecule has 0 radical (unpaired) electrons. The molecule has 0 aliphatic carbocycles. The van der Waals surface area contributed by atoms with Crippen LogP contribution in [-0.2, 0) is 0 Å². The first-order valence-electron chi connectivity index (χ1n) is 5.76. The number of anilines is 1. The molecule has 1 aromatic heterocycles. The summed E-state index contributed by atoms with van der Waals surface area (Å²) < 4.78 is 5.48. The molecule has 1 aromatic rings. The molecule has 0 saturated heterocycles. The molecule has 0 aliphatic heterocycles. The fraction of sp³-hybridized carbons (Fsp3) is 0.667. The summed E-state index contributed by atoms with van der Waals surface area (Å²) in [7, 11) is 0. The van der Waals surface area contributed by atoms with Gasteiger partial charge in [0.15, 0.2) is 0 Å². The van der Waals surface area contributed by atoms with Crippen molar-refractivity contribution in [3.8, 4) is 5.88 Å². The maximum atomic E-state index is 9.62. The van der Waals surface area contributed by atoms with Crippen LogP contribution < -0.4 is 10.1 Å². The van der Waals surface area contributed by atoms with Crippen LogP contribution in [0.4, 0.5) is 5.82 Å². The molecule has 17 heavy (non-hydrogen) atoms. The zero-order valence-electron chi connectivity index (χ0n) is 11.1. The number of hydrogen-bond donors (Lipinski definition) is 2. The molecule has 0 spiro atoms. The molecule has 1 atom stereocenters. The van der Waals surface area contributed by atoms with Crippen molar-refractivity contribution in [2.75, 3.05) is 5.32 Å². The zero-order chi connectivity index (χ0) is 13.1. The molecule has 0 aromatic carbocycles. The van der Waals surface area contributed by atoms with E-state index in [9.17, 15) is 5.11 Å². The fourth-order valence-corrected chi connectivity index (χ4v) is 1.15. The Hall–Kier alpha value is -1.36. The van der Waals surface area contributed by atoms with Crippen LogP contribution in [0.15, 0.2) is 12.4 Å². The summed E-state index contributed by atoms with van der Waals surface area (Å²) >= 11 is 0. The van der Waals surface area contributed by atoms with Gasteiger partial charge in [0, 0.05) is 6.07 Å². The highest BCUT2D eigenvalue weighted by atomic mass is 16.5.